The number of rotatable bonds is 2. The highest BCUT2D eigenvalue weighted by Crippen LogP contribution is 2.29. The molecule has 0 spiro atoms. The molecule has 0 aliphatic heterocycles. The average molecular weight is 164 g/mol. The van der Waals surface area contributed by atoms with Crippen molar-refractivity contribution in [3.05, 3.63) is 0 Å². The fourth-order valence-electron chi connectivity index (χ4n) is 1.15. The van der Waals surface area contributed by atoms with Crippen LogP contribution in [0.1, 0.15) is 19.8 Å². The molecule has 1 aliphatic carbocycles. The van der Waals surface area contributed by atoms with Crippen LogP contribution in [0.25, 0.3) is 0 Å². The summed E-state index contributed by atoms with van der Waals surface area (Å²) in [5.74, 6) is 0.631. The van der Waals surface area contributed by atoms with E-state index in [0.29, 0.717) is 5.92 Å². The summed E-state index contributed by atoms with van der Waals surface area (Å²) < 4.78 is 25.8. The summed E-state index contributed by atoms with van der Waals surface area (Å²) in [4.78, 5) is 0. The monoisotopic (exact) mass is 164 g/mol. The van der Waals surface area contributed by atoms with E-state index in [1.165, 1.54) is 0 Å². The van der Waals surface area contributed by atoms with E-state index in [1.807, 2.05) is 0 Å². The first-order chi connectivity index (χ1) is 4.47. The van der Waals surface area contributed by atoms with E-state index in [0.717, 1.165) is 19.1 Å². The Bertz CT molecular complexity index is 201. The van der Waals surface area contributed by atoms with Crippen LogP contribution in [-0.2, 0) is 14.3 Å². The van der Waals surface area contributed by atoms with E-state index >= 15 is 0 Å². The molecule has 1 fully saturated rings. The SMILES string of the molecule is CC1CC(OS(C)(=O)=O)C1. The third-order valence-corrected chi connectivity index (χ3v) is 2.26. The lowest BCUT2D eigenvalue weighted by Crippen LogP contribution is -2.31. The van der Waals surface area contributed by atoms with Crippen LogP contribution >= 0.6 is 0 Å². The predicted octanol–water partition coefficient (Wildman–Crippen LogP) is 0.761. The lowest BCUT2D eigenvalue weighted by Gasteiger charge is -2.30. The Morgan fingerprint density at radius 2 is 1.90 bits per heavy atom. The average Bonchev–Trinajstić information content (AvgIpc) is 1.57. The Kier molecular flexibility index (Phi) is 2.01. The first-order valence-corrected chi connectivity index (χ1v) is 5.17. The van der Waals surface area contributed by atoms with Gasteiger partial charge in [-0.15, -0.1) is 0 Å². The lowest BCUT2D eigenvalue weighted by molar-refractivity contribution is 0.0812. The quantitative estimate of drug-likeness (QED) is 0.566. The molecule has 1 saturated carbocycles. The van der Waals surface area contributed by atoms with Crippen molar-refractivity contribution in [1.82, 2.24) is 0 Å². The largest absolute Gasteiger partial charge is 0.267 e. The van der Waals surface area contributed by atoms with Gasteiger partial charge in [0.15, 0.2) is 0 Å². The third-order valence-electron chi connectivity index (χ3n) is 1.64. The molecule has 0 amide bonds. The number of hydrogen-bond donors (Lipinski definition) is 0. The van der Waals surface area contributed by atoms with Gasteiger partial charge in [-0.05, 0) is 18.8 Å². The van der Waals surface area contributed by atoms with Gasteiger partial charge in [-0.25, -0.2) is 0 Å². The highest BCUT2D eigenvalue weighted by atomic mass is 32.2. The van der Waals surface area contributed by atoms with Crippen LogP contribution in [0.5, 0.6) is 0 Å². The fourth-order valence-corrected chi connectivity index (χ4v) is 1.81. The molecule has 0 atom stereocenters. The molecule has 0 unspecified atom stereocenters. The van der Waals surface area contributed by atoms with Crippen molar-refractivity contribution in [2.45, 2.75) is 25.9 Å². The second-order valence-electron chi connectivity index (χ2n) is 3.00. The molecule has 4 heteroatoms. The van der Waals surface area contributed by atoms with Crippen LogP contribution in [0.15, 0.2) is 0 Å². The Hall–Kier alpha value is -0.0900. The van der Waals surface area contributed by atoms with Crippen molar-refractivity contribution in [2.75, 3.05) is 6.26 Å². The molecule has 60 valence electrons. The second kappa shape index (κ2) is 2.51. The zero-order valence-corrected chi connectivity index (χ0v) is 7.02. The van der Waals surface area contributed by atoms with Crippen LogP contribution in [0.2, 0.25) is 0 Å². The maximum absolute atomic E-state index is 10.5. The Morgan fingerprint density at radius 1 is 1.40 bits per heavy atom. The first-order valence-electron chi connectivity index (χ1n) is 3.35. The summed E-state index contributed by atoms with van der Waals surface area (Å²) in [5.41, 5.74) is 0. The van der Waals surface area contributed by atoms with Crippen molar-refractivity contribution in [3.8, 4) is 0 Å². The fraction of sp³-hybridized carbons (Fsp3) is 1.00. The minimum absolute atomic E-state index is 0.0370. The van der Waals surface area contributed by atoms with Crippen LogP contribution in [0.3, 0.4) is 0 Å². The van der Waals surface area contributed by atoms with Gasteiger partial charge in [0, 0.05) is 0 Å². The Morgan fingerprint density at radius 3 is 2.20 bits per heavy atom. The van der Waals surface area contributed by atoms with Gasteiger partial charge in [-0.1, -0.05) is 6.92 Å². The molecular weight excluding hydrogens is 152 g/mol. The molecular formula is C6H12O3S. The summed E-state index contributed by atoms with van der Waals surface area (Å²) in [7, 11) is -3.21. The van der Waals surface area contributed by atoms with Gasteiger partial charge in [0.1, 0.15) is 0 Å². The highest BCUT2D eigenvalue weighted by molar-refractivity contribution is 7.86. The van der Waals surface area contributed by atoms with Crippen molar-refractivity contribution in [3.63, 3.8) is 0 Å². The summed E-state index contributed by atoms with van der Waals surface area (Å²) in [5, 5.41) is 0. The molecule has 1 rings (SSSR count). The third kappa shape index (κ3) is 2.27. The predicted molar refractivity (Wildman–Crippen MR) is 38.1 cm³/mol. The van der Waals surface area contributed by atoms with Gasteiger partial charge < -0.3 is 0 Å². The smallest absolute Gasteiger partial charge is 0.264 e. The molecule has 0 aromatic carbocycles. The topological polar surface area (TPSA) is 43.4 Å². The zero-order chi connectivity index (χ0) is 7.78. The molecule has 0 aromatic heterocycles. The van der Waals surface area contributed by atoms with E-state index in [4.69, 9.17) is 4.18 Å². The maximum atomic E-state index is 10.5. The van der Waals surface area contributed by atoms with Crippen molar-refractivity contribution in [2.24, 2.45) is 5.92 Å². The van der Waals surface area contributed by atoms with Crippen LogP contribution in [-0.4, -0.2) is 20.8 Å². The van der Waals surface area contributed by atoms with Gasteiger partial charge >= 0.3 is 0 Å². The zero-order valence-electron chi connectivity index (χ0n) is 6.20. The van der Waals surface area contributed by atoms with Gasteiger partial charge in [-0.3, -0.25) is 4.18 Å². The van der Waals surface area contributed by atoms with E-state index in [1.54, 1.807) is 0 Å². The lowest BCUT2D eigenvalue weighted by atomic mass is 9.84. The minimum Gasteiger partial charge on any atom is -0.267 e. The highest BCUT2D eigenvalue weighted by Gasteiger charge is 2.28. The van der Waals surface area contributed by atoms with Gasteiger partial charge in [0.25, 0.3) is 10.1 Å². The van der Waals surface area contributed by atoms with Crippen LogP contribution in [0.4, 0.5) is 0 Å². The van der Waals surface area contributed by atoms with Gasteiger partial charge in [0.2, 0.25) is 0 Å². The van der Waals surface area contributed by atoms with Gasteiger partial charge in [-0.2, -0.15) is 8.42 Å². The van der Waals surface area contributed by atoms with Crippen LogP contribution in [0, 0.1) is 5.92 Å². The van der Waals surface area contributed by atoms with Crippen molar-refractivity contribution in [1.29, 1.82) is 0 Å². The summed E-state index contributed by atoms with van der Waals surface area (Å²) >= 11 is 0. The summed E-state index contributed by atoms with van der Waals surface area (Å²) in [6.07, 6.45) is 2.82. The van der Waals surface area contributed by atoms with Gasteiger partial charge in [0.05, 0.1) is 12.4 Å². The molecule has 0 N–H and O–H groups in total. The van der Waals surface area contributed by atoms with E-state index < -0.39 is 10.1 Å². The standard InChI is InChI=1S/C6H12O3S/c1-5-3-6(4-5)9-10(2,7)8/h5-6H,3-4H2,1-2H3. The molecule has 10 heavy (non-hydrogen) atoms. The first kappa shape index (κ1) is 8.01. The Labute approximate surface area is 61.5 Å². The second-order valence-corrected chi connectivity index (χ2v) is 4.60. The molecule has 0 aromatic rings. The van der Waals surface area contributed by atoms with Crippen molar-refractivity contribution >= 4 is 10.1 Å². The molecule has 0 bridgehead atoms. The van der Waals surface area contributed by atoms with E-state index in [9.17, 15) is 8.42 Å². The molecule has 0 saturated heterocycles. The normalized spacial score (nSPS) is 33.4. The molecule has 0 radical (unpaired) electrons. The molecule has 3 nitrogen and oxygen atoms in total. The number of hydrogen-bond acceptors (Lipinski definition) is 3. The Balaban J connectivity index is 2.30. The van der Waals surface area contributed by atoms with E-state index in [2.05, 4.69) is 6.92 Å². The maximum Gasteiger partial charge on any atom is 0.264 e. The van der Waals surface area contributed by atoms with E-state index in [-0.39, 0.29) is 6.10 Å². The minimum atomic E-state index is -3.21. The summed E-state index contributed by atoms with van der Waals surface area (Å²) in [6, 6.07) is 0. The molecule has 1 aliphatic rings. The summed E-state index contributed by atoms with van der Waals surface area (Å²) in [6.45, 7) is 2.09. The van der Waals surface area contributed by atoms with Crippen LogP contribution < -0.4 is 0 Å². The van der Waals surface area contributed by atoms with Crippen molar-refractivity contribution < 1.29 is 12.6 Å². The molecule has 0 heterocycles.